The molecule has 17 heavy (non-hydrogen) atoms. The second-order valence-corrected chi connectivity index (χ2v) is 5.91. The van der Waals surface area contributed by atoms with Crippen molar-refractivity contribution in [2.24, 2.45) is 5.73 Å². The number of hydrogen-bond acceptors (Lipinski definition) is 3. The highest BCUT2D eigenvalue weighted by molar-refractivity contribution is 7.80. The molecule has 4 heteroatoms. The van der Waals surface area contributed by atoms with Crippen molar-refractivity contribution in [2.45, 2.75) is 51.1 Å². The van der Waals surface area contributed by atoms with Gasteiger partial charge in [0.05, 0.1) is 11.0 Å². The van der Waals surface area contributed by atoms with Gasteiger partial charge in [-0.25, -0.2) is 0 Å². The van der Waals surface area contributed by atoms with Gasteiger partial charge in [0.25, 0.3) is 0 Å². The summed E-state index contributed by atoms with van der Waals surface area (Å²) >= 11 is 5.08. The fraction of sp³-hybridized carbons (Fsp3) is 0.923. The lowest BCUT2D eigenvalue weighted by molar-refractivity contribution is 0.0731. The fourth-order valence-corrected chi connectivity index (χ4v) is 3.27. The van der Waals surface area contributed by atoms with E-state index in [-0.39, 0.29) is 6.04 Å². The van der Waals surface area contributed by atoms with Crippen LogP contribution in [0.1, 0.15) is 39.0 Å². The van der Waals surface area contributed by atoms with Crippen molar-refractivity contribution < 1.29 is 0 Å². The monoisotopic (exact) mass is 255 g/mol. The molecule has 1 saturated heterocycles. The molecule has 1 aliphatic heterocycles. The molecule has 1 heterocycles. The molecular weight excluding hydrogens is 230 g/mol. The van der Waals surface area contributed by atoms with Crippen LogP contribution in [-0.2, 0) is 0 Å². The van der Waals surface area contributed by atoms with E-state index in [1.165, 1.54) is 45.2 Å². The molecule has 0 aromatic heterocycles. The largest absolute Gasteiger partial charge is 0.392 e. The van der Waals surface area contributed by atoms with Crippen molar-refractivity contribution in [1.29, 1.82) is 0 Å². The van der Waals surface area contributed by atoms with Gasteiger partial charge in [0.2, 0.25) is 0 Å². The third kappa shape index (κ3) is 3.39. The van der Waals surface area contributed by atoms with Gasteiger partial charge in [-0.3, -0.25) is 9.80 Å². The summed E-state index contributed by atoms with van der Waals surface area (Å²) in [5, 5.41) is 0. The maximum Gasteiger partial charge on any atom is 0.0899 e. The third-order valence-electron chi connectivity index (χ3n) is 4.40. The molecule has 0 bridgehead atoms. The summed E-state index contributed by atoms with van der Waals surface area (Å²) < 4.78 is 0. The van der Waals surface area contributed by atoms with Gasteiger partial charge in [-0.05, 0) is 19.8 Å². The number of nitrogens with zero attached hydrogens (tertiary/aromatic N) is 2. The minimum Gasteiger partial charge on any atom is -0.392 e. The summed E-state index contributed by atoms with van der Waals surface area (Å²) in [5.41, 5.74) is 5.72. The quantitative estimate of drug-likeness (QED) is 0.777. The van der Waals surface area contributed by atoms with Crippen molar-refractivity contribution in [3.63, 3.8) is 0 Å². The summed E-state index contributed by atoms with van der Waals surface area (Å²) in [4.78, 5) is 5.74. The van der Waals surface area contributed by atoms with E-state index in [0.717, 1.165) is 19.1 Å². The second kappa shape index (κ2) is 6.12. The van der Waals surface area contributed by atoms with Crippen molar-refractivity contribution in [3.8, 4) is 0 Å². The van der Waals surface area contributed by atoms with Crippen LogP contribution >= 0.6 is 12.2 Å². The SMILES string of the molecule is CC(C(N)=S)N1CCN(C2CCCCC2)CC1. The van der Waals surface area contributed by atoms with Crippen LogP contribution in [0.5, 0.6) is 0 Å². The smallest absolute Gasteiger partial charge is 0.0899 e. The summed E-state index contributed by atoms with van der Waals surface area (Å²) in [7, 11) is 0. The zero-order valence-electron chi connectivity index (χ0n) is 10.9. The predicted molar refractivity (Wildman–Crippen MR) is 76.3 cm³/mol. The molecule has 2 N–H and O–H groups in total. The van der Waals surface area contributed by atoms with Crippen LogP contribution in [-0.4, -0.2) is 53.1 Å². The first kappa shape index (κ1) is 13.2. The highest BCUT2D eigenvalue weighted by Gasteiger charge is 2.27. The maximum atomic E-state index is 5.72. The molecule has 0 aromatic rings. The Hall–Kier alpha value is -0.190. The van der Waals surface area contributed by atoms with Crippen LogP contribution in [0.3, 0.4) is 0 Å². The second-order valence-electron chi connectivity index (χ2n) is 5.44. The highest BCUT2D eigenvalue weighted by Crippen LogP contribution is 2.23. The Kier molecular flexibility index (Phi) is 4.77. The highest BCUT2D eigenvalue weighted by atomic mass is 32.1. The molecule has 1 saturated carbocycles. The van der Waals surface area contributed by atoms with Gasteiger partial charge in [0.1, 0.15) is 0 Å². The van der Waals surface area contributed by atoms with E-state index in [2.05, 4.69) is 16.7 Å². The van der Waals surface area contributed by atoms with Crippen LogP contribution in [0.2, 0.25) is 0 Å². The normalized spacial score (nSPS) is 26.9. The number of hydrogen-bond donors (Lipinski definition) is 1. The van der Waals surface area contributed by atoms with Gasteiger partial charge in [0, 0.05) is 32.2 Å². The van der Waals surface area contributed by atoms with E-state index in [1.807, 2.05) is 0 Å². The third-order valence-corrected chi connectivity index (χ3v) is 4.74. The van der Waals surface area contributed by atoms with Gasteiger partial charge in [-0.15, -0.1) is 0 Å². The molecule has 3 nitrogen and oxygen atoms in total. The molecule has 98 valence electrons. The number of piperazine rings is 1. The van der Waals surface area contributed by atoms with Crippen LogP contribution in [0, 0.1) is 0 Å². The summed E-state index contributed by atoms with van der Waals surface area (Å²) in [5.74, 6) is 0. The van der Waals surface area contributed by atoms with Crippen molar-refractivity contribution in [1.82, 2.24) is 9.80 Å². The van der Waals surface area contributed by atoms with Gasteiger partial charge in [-0.1, -0.05) is 31.5 Å². The minimum atomic E-state index is 0.263. The first-order valence-corrected chi connectivity index (χ1v) is 7.36. The predicted octanol–water partition coefficient (Wildman–Crippen LogP) is 1.61. The van der Waals surface area contributed by atoms with Crippen LogP contribution in [0.25, 0.3) is 0 Å². The number of thiocarbonyl (C=S) groups is 1. The molecule has 1 aliphatic carbocycles. The van der Waals surface area contributed by atoms with Crippen molar-refractivity contribution in [2.75, 3.05) is 26.2 Å². The molecular formula is C13H25N3S. The molecule has 0 aromatic carbocycles. The zero-order chi connectivity index (χ0) is 12.3. The Labute approximate surface area is 110 Å². The van der Waals surface area contributed by atoms with E-state index in [4.69, 9.17) is 18.0 Å². The number of nitrogens with two attached hydrogens (primary N) is 1. The Morgan fingerprint density at radius 2 is 1.71 bits per heavy atom. The zero-order valence-corrected chi connectivity index (χ0v) is 11.7. The average Bonchev–Trinajstić information content (AvgIpc) is 2.39. The first-order chi connectivity index (χ1) is 8.18. The van der Waals surface area contributed by atoms with E-state index < -0.39 is 0 Å². The van der Waals surface area contributed by atoms with Gasteiger partial charge >= 0.3 is 0 Å². The van der Waals surface area contributed by atoms with Gasteiger partial charge in [-0.2, -0.15) is 0 Å². The lowest BCUT2D eigenvalue weighted by Gasteiger charge is -2.42. The average molecular weight is 255 g/mol. The van der Waals surface area contributed by atoms with Gasteiger partial charge in [0.15, 0.2) is 0 Å². The Balaban J connectivity index is 1.79. The standard InChI is InChI=1S/C13H25N3S/c1-11(13(14)17)15-7-9-16(10-8-15)12-5-3-2-4-6-12/h11-12H,2-10H2,1H3,(H2,14,17). The van der Waals surface area contributed by atoms with Crippen LogP contribution < -0.4 is 5.73 Å². The number of rotatable bonds is 3. The Bertz CT molecular complexity index is 255. The molecule has 0 spiro atoms. The van der Waals surface area contributed by atoms with E-state index in [9.17, 15) is 0 Å². The molecule has 1 unspecified atom stereocenters. The van der Waals surface area contributed by atoms with Gasteiger partial charge < -0.3 is 5.73 Å². The molecule has 0 radical (unpaired) electrons. The molecule has 2 rings (SSSR count). The van der Waals surface area contributed by atoms with E-state index in [1.54, 1.807) is 0 Å². The summed E-state index contributed by atoms with van der Waals surface area (Å²) in [6, 6.07) is 1.12. The Morgan fingerprint density at radius 1 is 1.12 bits per heavy atom. The van der Waals surface area contributed by atoms with Crippen molar-refractivity contribution in [3.05, 3.63) is 0 Å². The lowest BCUT2D eigenvalue weighted by Crippen LogP contribution is -2.55. The molecule has 1 atom stereocenters. The first-order valence-electron chi connectivity index (χ1n) is 6.96. The van der Waals surface area contributed by atoms with Crippen LogP contribution in [0.4, 0.5) is 0 Å². The summed E-state index contributed by atoms with van der Waals surface area (Å²) in [6.07, 6.45) is 7.10. The fourth-order valence-electron chi connectivity index (χ4n) is 3.12. The molecule has 0 amide bonds. The summed E-state index contributed by atoms with van der Waals surface area (Å²) in [6.45, 7) is 6.75. The Morgan fingerprint density at radius 3 is 2.24 bits per heavy atom. The molecule has 2 aliphatic rings. The maximum absolute atomic E-state index is 5.72. The van der Waals surface area contributed by atoms with Crippen molar-refractivity contribution >= 4 is 17.2 Å². The minimum absolute atomic E-state index is 0.263. The van der Waals surface area contributed by atoms with E-state index in [0.29, 0.717) is 4.99 Å². The lowest BCUT2D eigenvalue weighted by atomic mass is 9.94. The topological polar surface area (TPSA) is 32.5 Å². The molecule has 2 fully saturated rings. The van der Waals surface area contributed by atoms with Crippen LogP contribution in [0.15, 0.2) is 0 Å². The van der Waals surface area contributed by atoms with E-state index >= 15 is 0 Å².